The Morgan fingerprint density at radius 3 is 2.70 bits per heavy atom. The molecule has 0 unspecified atom stereocenters. The van der Waals surface area contributed by atoms with E-state index in [-0.39, 0.29) is 5.69 Å². The van der Waals surface area contributed by atoms with Gasteiger partial charge in [0.15, 0.2) is 5.82 Å². The fourth-order valence-electron chi connectivity index (χ4n) is 2.02. The molecule has 0 saturated carbocycles. The number of rotatable bonds is 4. The van der Waals surface area contributed by atoms with Crippen LogP contribution in [0.15, 0.2) is 64.5 Å². The van der Waals surface area contributed by atoms with E-state index in [1.807, 2.05) is 18.2 Å². The van der Waals surface area contributed by atoms with Crippen LogP contribution in [0.4, 0.5) is 5.69 Å². The maximum atomic E-state index is 11.8. The fraction of sp³-hybridized carbons (Fsp3) is 0. The predicted molar refractivity (Wildman–Crippen MR) is 84.4 cm³/mol. The van der Waals surface area contributed by atoms with Crippen LogP contribution in [0.3, 0.4) is 0 Å². The molecule has 23 heavy (non-hydrogen) atoms. The second-order valence-electron chi connectivity index (χ2n) is 4.63. The van der Waals surface area contributed by atoms with Gasteiger partial charge in [-0.3, -0.25) is 10.1 Å². The first-order chi connectivity index (χ1) is 11.1. The van der Waals surface area contributed by atoms with Gasteiger partial charge in [-0.15, -0.1) is 0 Å². The summed E-state index contributed by atoms with van der Waals surface area (Å²) in [6.45, 7) is 0. The molecule has 0 amide bonds. The SMILES string of the molecule is O=c1[nH]nc(-c2ccccc2)n1/N=C/c1cccc([N+](=O)[O-])c1. The first-order valence-corrected chi connectivity index (χ1v) is 6.67. The molecule has 0 radical (unpaired) electrons. The van der Waals surface area contributed by atoms with Crippen molar-refractivity contribution in [2.24, 2.45) is 5.10 Å². The number of aromatic nitrogens is 3. The van der Waals surface area contributed by atoms with Gasteiger partial charge in [-0.2, -0.15) is 14.9 Å². The number of benzene rings is 2. The fourth-order valence-corrected chi connectivity index (χ4v) is 2.02. The Bertz CT molecular complexity index is 928. The molecule has 3 aromatic rings. The van der Waals surface area contributed by atoms with E-state index in [1.54, 1.807) is 24.3 Å². The van der Waals surface area contributed by atoms with Crippen molar-refractivity contribution in [2.75, 3.05) is 0 Å². The van der Waals surface area contributed by atoms with Gasteiger partial charge in [0.1, 0.15) is 0 Å². The molecule has 0 fully saturated rings. The molecular weight excluding hydrogens is 298 g/mol. The average Bonchev–Trinajstić information content (AvgIpc) is 2.95. The molecule has 3 rings (SSSR count). The molecule has 2 aromatic carbocycles. The summed E-state index contributed by atoms with van der Waals surface area (Å²) in [5, 5.41) is 21.1. The van der Waals surface area contributed by atoms with Gasteiger partial charge in [0, 0.05) is 23.3 Å². The minimum absolute atomic E-state index is 0.0447. The van der Waals surface area contributed by atoms with Crippen LogP contribution in [0, 0.1) is 10.1 Å². The number of H-pyrrole nitrogens is 1. The minimum Gasteiger partial charge on any atom is -0.258 e. The third kappa shape index (κ3) is 3.05. The molecule has 0 aliphatic rings. The molecule has 1 heterocycles. The number of non-ortho nitro benzene ring substituents is 1. The smallest absolute Gasteiger partial charge is 0.258 e. The first-order valence-electron chi connectivity index (χ1n) is 6.67. The highest BCUT2D eigenvalue weighted by molar-refractivity contribution is 5.80. The number of hydrogen-bond donors (Lipinski definition) is 1. The van der Waals surface area contributed by atoms with Crippen molar-refractivity contribution in [3.8, 4) is 11.4 Å². The lowest BCUT2D eigenvalue weighted by molar-refractivity contribution is -0.384. The van der Waals surface area contributed by atoms with E-state index < -0.39 is 10.6 Å². The average molecular weight is 309 g/mol. The van der Waals surface area contributed by atoms with Crippen molar-refractivity contribution in [3.05, 3.63) is 80.8 Å². The molecular formula is C15H11N5O3. The second-order valence-corrected chi connectivity index (χ2v) is 4.63. The van der Waals surface area contributed by atoms with E-state index >= 15 is 0 Å². The molecule has 8 heteroatoms. The van der Waals surface area contributed by atoms with Crippen LogP contribution >= 0.6 is 0 Å². The van der Waals surface area contributed by atoms with E-state index in [0.717, 1.165) is 10.2 Å². The maximum absolute atomic E-state index is 11.8. The van der Waals surface area contributed by atoms with Crippen molar-refractivity contribution in [1.82, 2.24) is 14.9 Å². The molecule has 0 bridgehead atoms. The highest BCUT2D eigenvalue weighted by Crippen LogP contribution is 2.15. The van der Waals surface area contributed by atoms with Crippen molar-refractivity contribution in [1.29, 1.82) is 0 Å². The Balaban J connectivity index is 1.98. The Morgan fingerprint density at radius 2 is 1.96 bits per heavy atom. The van der Waals surface area contributed by atoms with Crippen LogP contribution in [0.5, 0.6) is 0 Å². The zero-order valence-corrected chi connectivity index (χ0v) is 11.8. The highest BCUT2D eigenvalue weighted by atomic mass is 16.6. The number of nitrogens with zero attached hydrogens (tertiary/aromatic N) is 4. The van der Waals surface area contributed by atoms with Gasteiger partial charge < -0.3 is 0 Å². The topological polar surface area (TPSA) is 106 Å². The van der Waals surface area contributed by atoms with Gasteiger partial charge in [-0.25, -0.2) is 9.89 Å². The van der Waals surface area contributed by atoms with Gasteiger partial charge in [-0.1, -0.05) is 42.5 Å². The lowest BCUT2D eigenvalue weighted by atomic mass is 10.2. The molecule has 0 aliphatic carbocycles. The Hall–Kier alpha value is -3.55. The zero-order valence-electron chi connectivity index (χ0n) is 11.8. The summed E-state index contributed by atoms with van der Waals surface area (Å²) >= 11 is 0. The van der Waals surface area contributed by atoms with E-state index in [2.05, 4.69) is 15.3 Å². The zero-order chi connectivity index (χ0) is 16.2. The van der Waals surface area contributed by atoms with Crippen LogP contribution < -0.4 is 5.69 Å². The van der Waals surface area contributed by atoms with E-state index in [0.29, 0.717) is 11.4 Å². The monoisotopic (exact) mass is 309 g/mol. The summed E-state index contributed by atoms with van der Waals surface area (Å²) in [5.41, 5.74) is 0.690. The van der Waals surface area contributed by atoms with Gasteiger partial charge in [-0.05, 0) is 0 Å². The number of nitro benzene ring substituents is 1. The van der Waals surface area contributed by atoms with Gasteiger partial charge >= 0.3 is 5.69 Å². The molecule has 0 atom stereocenters. The normalized spacial score (nSPS) is 11.0. The van der Waals surface area contributed by atoms with Crippen molar-refractivity contribution in [3.63, 3.8) is 0 Å². The van der Waals surface area contributed by atoms with E-state index in [1.165, 1.54) is 18.3 Å². The molecule has 8 nitrogen and oxygen atoms in total. The van der Waals surface area contributed by atoms with Gasteiger partial charge in [0.05, 0.1) is 11.1 Å². The predicted octanol–water partition coefficient (Wildman–Crippen LogP) is 2.03. The molecule has 0 spiro atoms. The lowest BCUT2D eigenvalue weighted by Gasteiger charge is -1.99. The minimum atomic E-state index is -0.495. The Kier molecular flexibility index (Phi) is 3.79. The third-order valence-electron chi connectivity index (χ3n) is 3.09. The Labute approximate surface area is 129 Å². The summed E-state index contributed by atoms with van der Waals surface area (Å²) in [7, 11) is 0. The molecule has 1 aromatic heterocycles. The largest absolute Gasteiger partial charge is 0.364 e. The standard InChI is InChI=1S/C15H11N5O3/c21-15-18-17-14(12-6-2-1-3-7-12)19(15)16-10-11-5-4-8-13(9-11)20(22)23/h1-10H,(H,18,21)/b16-10+. The molecule has 0 aliphatic heterocycles. The van der Waals surface area contributed by atoms with Crippen LogP contribution in [-0.2, 0) is 0 Å². The van der Waals surface area contributed by atoms with Crippen molar-refractivity contribution < 1.29 is 4.92 Å². The number of aromatic amines is 1. The number of nitro groups is 1. The van der Waals surface area contributed by atoms with E-state index in [9.17, 15) is 14.9 Å². The molecule has 0 saturated heterocycles. The summed E-state index contributed by atoms with van der Waals surface area (Å²) in [6, 6.07) is 15.1. The lowest BCUT2D eigenvalue weighted by Crippen LogP contribution is -2.13. The molecule has 1 N–H and O–H groups in total. The van der Waals surface area contributed by atoms with Crippen molar-refractivity contribution >= 4 is 11.9 Å². The first kappa shape index (κ1) is 14.4. The van der Waals surface area contributed by atoms with Gasteiger partial charge in [0.25, 0.3) is 5.69 Å². The highest BCUT2D eigenvalue weighted by Gasteiger charge is 2.09. The van der Waals surface area contributed by atoms with Crippen LogP contribution in [0.1, 0.15) is 5.56 Å². The molecule has 114 valence electrons. The Morgan fingerprint density at radius 1 is 1.17 bits per heavy atom. The maximum Gasteiger partial charge on any atom is 0.364 e. The van der Waals surface area contributed by atoms with E-state index in [4.69, 9.17) is 0 Å². The second kappa shape index (κ2) is 6.06. The van der Waals surface area contributed by atoms with Gasteiger partial charge in [0.2, 0.25) is 0 Å². The van der Waals surface area contributed by atoms with Crippen LogP contribution in [0.25, 0.3) is 11.4 Å². The summed E-state index contributed by atoms with van der Waals surface area (Å²) in [5.74, 6) is 0.359. The van der Waals surface area contributed by atoms with Crippen LogP contribution in [-0.4, -0.2) is 26.0 Å². The van der Waals surface area contributed by atoms with Crippen molar-refractivity contribution in [2.45, 2.75) is 0 Å². The summed E-state index contributed by atoms with van der Waals surface area (Å²) in [4.78, 5) is 22.1. The van der Waals surface area contributed by atoms with Crippen LogP contribution in [0.2, 0.25) is 0 Å². The summed E-state index contributed by atoms with van der Waals surface area (Å²) in [6.07, 6.45) is 1.37. The quantitative estimate of drug-likeness (QED) is 0.452. The summed E-state index contributed by atoms with van der Waals surface area (Å²) < 4.78 is 1.11. The third-order valence-corrected chi connectivity index (χ3v) is 3.09. The number of hydrogen-bond acceptors (Lipinski definition) is 5. The number of nitrogens with one attached hydrogen (secondary N) is 1.